The van der Waals surface area contributed by atoms with E-state index in [9.17, 15) is 26.7 Å². The van der Waals surface area contributed by atoms with E-state index in [1.807, 2.05) is 0 Å². The molecule has 0 saturated carbocycles. The highest BCUT2D eigenvalue weighted by Gasteiger charge is 2.32. The maximum absolute atomic E-state index is 13.9. The second-order valence-electron chi connectivity index (χ2n) is 7.12. The van der Waals surface area contributed by atoms with E-state index < -0.39 is 40.6 Å². The molecule has 0 bridgehead atoms. The summed E-state index contributed by atoms with van der Waals surface area (Å²) in [6.45, 7) is 5.86. The Morgan fingerprint density at radius 1 is 1.08 bits per heavy atom. The summed E-state index contributed by atoms with van der Waals surface area (Å²) in [4.78, 5) is 13.5. The molecule has 1 fully saturated rings. The molecule has 2 rings (SSSR count). The molecule has 1 aromatic rings. The fourth-order valence-corrected chi connectivity index (χ4v) is 2.54. The van der Waals surface area contributed by atoms with Gasteiger partial charge in [-0.1, -0.05) is 5.57 Å². The molecule has 144 valence electrons. The number of piperidine rings is 1. The van der Waals surface area contributed by atoms with Crippen molar-refractivity contribution in [2.45, 2.75) is 45.4 Å². The first-order valence-corrected chi connectivity index (χ1v) is 8.10. The van der Waals surface area contributed by atoms with Crippen molar-refractivity contribution >= 4 is 12.2 Å². The number of ether oxygens (including phenoxy) is 1. The van der Waals surface area contributed by atoms with Crippen LogP contribution >= 0.6 is 0 Å². The summed E-state index contributed by atoms with van der Waals surface area (Å²) in [5.41, 5.74) is -1.84. The van der Waals surface area contributed by atoms with Crippen LogP contribution in [0.5, 0.6) is 0 Å². The van der Waals surface area contributed by atoms with Crippen LogP contribution in [0, 0.1) is 11.6 Å². The number of rotatable bonds is 1. The number of carbonyl (C=O) groups excluding carboxylic acids is 1. The second kappa shape index (κ2) is 7.25. The molecule has 8 heteroatoms. The van der Waals surface area contributed by atoms with E-state index in [4.69, 9.17) is 4.74 Å². The lowest BCUT2D eigenvalue weighted by Gasteiger charge is -2.31. The highest BCUT2D eigenvalue weighted by molar-refractivity contribution is 5.68. The molecule has 0 spiro atoms. The van der Waals surface area contributed by atoms with Crippen molar-refractivity contribution in [2.75, 3.05) is 13.1 Å². The fraction of sp³-hybridized carbons (Fsp3) is 0.500. The average Bonchev–Trinajstić information content (AvgIpc) is 2.48. The second-order valence-corrected chi connectivity index (χ2v) is 7.12. The van der Waals surface area contributed by atoms with Gasteiger partial charge < -0.3 is 9.64 Å². The summed E-state index contributed by atoms with van der Waals surface area (Å²) in [6, 6.07) is 0.566. The Balaban J connectivity index is 2.10. The van der Waals surface area contributed by atoms with Gasteiger partial charge in [0, 0.05) is 18.7 Å². The SMILES string of the molecule is CC(C)(C)OC(=O)N1CCC(=Cc2c(F)cc(C(F)(F)F)cc2F)CC1. The van der Waals surface area contributed by atoms with Crippen molar-refractivity contribution in [3.05, 3.63) is 40.5 Å². The van der Waals surface area contributed by atoms with E-state index in [0.717, 1.165) is 0 Å². The summed E-state index contributed by atoms with van der Waals surface area (Å²) >= 11 is 0. The Morgan fingerprint density at radius 3 is 2.00 bits per heavy atom. The minimum absolute atomic E-state index is 0.283. The lowest BCUT2D eigenvalue weighted by Crippen LogP contribution is -2.40. The maximum Gasteiger partial charge on any atom is 0.416 e. The smallest absolute Gasteiger partial charge is 0.416 e. The van der Waals surface area contributed by atoms with Gasteiger partial charge in [-0.25, -0.2) is 13.6 Å². The largest absolute Gasteiger partial charge is 0.444 e. The zero-order valence-electron chi connectivity index (χ0n) is 14.7. The van der Waals surface area contributed by atoms with Gasteiger partial charge in [0.25, 0.3) is 0 Å². The van der Waals surface area contributed by atoms with Crippen molar-refractivity contribution in [3.8, 4) is 0 Å². The third-order valence-electron chi connectivity index (χ3n) is 3.81. The summed E-state index contributed by atoms with van der Waals surface area (Å²) in [6.07, 6.45) is -3.34. The van der Waals surface area contributed by atoms with Crippen LogP contribution in [0.4, 0.5) is 26.7 Å². The van der Waals surface area contributed by atoms with Crippen LogP contribution in [0.2, 0.25) is 0 Å². The molecule has 1 heterocycles. The van der Waals surface area contributed by atoms with Gasteiger partial charge in [-0.2, -0.15) is 13.2 Å². The van der Waals surface area contributed by atoms with E-state index >= 15 is 0 Å². The van der Waals surface area contributed by atoms with E-state index in [2.05, 4.69) is 0 Å². The number of likely N-dealkylation sites (tertiary alicyclic amines) is 1. The molecule has 1 aliphatic heterocycles. The van der Waals surface area contributed by atoms with E-state index in [-0.39, 0.29) is 12.1 Å². The summed E-state index contributed by atoms with van der Waals surface area (Å²) in [5, 5.41) is 0. The van der Waals surface area contributed by atoms with Crippen LogP contribution < -0.4 is 0 Å². The molecule has 1 amide bonds. The number of amides is 1. The molecule has 0 aliphatic carbocycles. The highest BCUT2D eigenvalue weighted by Crippen LogP contribution is 2.32. The number of halogens is 5. The molecular formula is C18H20F5NO2. The minimum atomic E-state index is -4.81. The fourth-order valence-electron chi connectivity index (χ4n) is 2.54. The van der Waals surface area contributed by atoms with Crippen molar-refractivity contribution in [2.24, 2.45) is 0 Å². The Labute approximate surface area is 148 Å². The first-order chi connectivity index (χ1) is 11.9. The van der Waals surface area contributed by atoms with Gasteiger partial charge in [0.05, 0.1) is 5.56 Å². The monoisotopic (exact) mass is 377 g/mol. The number of alkyl halides is 3. The average molecular weight is 377 g/mol. The Bertz CT molecular complexity index is 686. The minimum Gasteiger partial charge on any atom is -0.444 e. The number of benzene rings is 1. The van der Waals surface area contributed by atoms with E-state index in [1.54, 1.807) is 20.8 Å². The van der Waals surface area contributed by atoms with E-state index in [0.29, 0.717) is 31.5 Å². The molecular weight excluding hydrogens is 357 g/mol. The van der Waals surface area contributed by atoms with Crippen molar-refractivity contribution in [1.82, 2.24) is 4.90 Å². The van der Waals surface area contributed by atoms with Crippen molar-refractivity contribution in [1.29, 1.82) is 0 Å². The first-order valence-electron chi connectivity index (χ1n) is 8.10. The lowest BCUT2D eigenvalue weighted by atomic mass is 10.00. The van der Waals surface area contributed by atoms with Crippen LogP contribution in [-0.2, 0) is 10.9 Å². The molecule has 0 N–H and O–H groups in total. The topological polar surface area (TPSA) is 29.5 Å². The van der Waals surface area contributed by atoms with Gasteiger partial charge in [-0.15, -0.1) is 0 Å². The van der Waals surface area contributed by atoms with Crippen LogP contribution in [0.3, 0.4) is 0 Å². The molecule has 1 saturated heterocycles. The molecule has 1 aromatic carbocycles. The molecule has 1 aliphatic rings. The van der Waals surface area contributed by atoms with Crippen LogP contribution in [-0.4, -0.2) is 29.7 Å². The molecule has 0 radical (unpaired) electrons. The third kappa shape index (κ3) is 5.19. The summed E-state index contributed by atoms with van der Waals surface area (Å²) in [7, 11) is 0. The Hall–Kier alpha value is -2.12. The van der Waals surface area contributed by atoms with E-state index in [1.165, 1.54) is 11.0 Å². The van der Waals surface area contributed by atoms with Crippen molar-refractivity contribution < 1.29 is 31.5 Å². The zero-order valence-corrected chi connectivity index (χ0v) is 14.7. The van der Waals surface area contributed by atoms with Gasteiger partial charge in [-0.3, -0.25) is 0 Å². The Morgan fingerprint density at radius 2 is 1.58 bits per heavy atom. The molecule has 0 aromatic heterocycles. The predicted octanol–water partition coefficient (Wildman–Crippen LogP) is 5.40. The molecule has 0 atom stereocenters. The maximum atomic E-state index is 13.9. The van der Waals surface area contributed by atoms with Gasteiger partial charge in [-0.05, 0) is 51.8 Å². The number of hydrogen-bond donors (Lipinski definition) is 0. The van der Waals surface area contributed by atoms with Crippen LogP contribution in [0.15, 0.2) is 17.7 Å². The molecule has 0 unspecified atom stereocenters. The molecule has 3 nitrogen and oxygen atoms in total. The van der Waals surface area contributed by atoms with Crippen molar-refractivity contribution in [3.63, 3.8) is 0 Å². The number of nitrogens with zero attached hydrogens (tertiary/aromatic N) is 1. The zero-order chi connectivity index (χ0) is 19.7. The predicted molar refractivity (Wildman–Crippen MR) is 86.4 cm³/mol. The molecule has 26 heavy (non-hydrogen) atoms. The van der Waals surface area contributed by atoms with Crippen LogP contribution in [0.1, 0.15) is 44.7 Å². The van der Waals surface area contributed by atoms with Gasteiger partial charge in [0.2, 0.25) is 0 Å². The number of hydrogen-bond acceptors (Lipinski definition) is 2. The van der Waals surface area contributed by atoms with Gasteiger partial charge >= 0.3 is 12.3 Å². The van der Waals surface area contributed by atoms with Gasteiger partial charge in [0.15, 0.2) is 0 Å². The third-order valence-corrected chi connectivity index (χ3v) is 3.81. The first kappa shape index (κ1) is 20.2. The summed E-state index contributed by atoms with van der Waals surface area (Å²) < 4.78 is 70.8. The lowest BCUT2D eigenvalue weighted by molar-refractivity contribution is -0.138. The normalized spacial score (nSPS) is 15.8. The number of carbonyl (C=O) groups is 1. The quantitative estimate of drug-likeness (QED) is 0.614. The summed E-state index contributed by atoms with van der Waals surface area (Å²) in [5.74, 6) is -2.53. The van der Waals surface area contributed by atoms with Gasteiger partial charge in [0.1, 0.15) is 17.2 Å². The standard InChI is InChI=1S/C18H20F5NO2/c1-17(2,3)26-16(25)24-6-4-11(5-7-24)8-13-14(19)9-12(10-15(13)20)18(21,22)23/h8-10H,4-7H2,1-3H3. The Kier molecular flexibility index (Phi) is 5.63. The highest BCUT2D eigenvalue weighted by atomic mass is 19.4. The van der Waals surface area contributed by atoms with Crippen LogP contribution in [0.25, 0.3) is 6.08 Å².